The van der Waals surface area contributed by atoms with Gasteiger partial charge in [0.15, 0.2) is 5.69 Å². The van der Waals surface area contributed by atoms with E-state index in [1.807, 2.05) is 0 Å². The third-order valence-electron chi connectivity index (χ3n) is 2.29. The lowest BCUT2D eigenvalue weighted by molar-refractivity contribution is 0.103. The fourth-order valence-electron chi connectivity index (χ4n) is 1.49. The Bertz CT molecular complexity index is 555. The summed E-state index contributed by atoms with van der Waals surface area (Å²) in [6.07, 6.45) is 1.50. The molecule has 0 saturated heterocycles. The number of rotatable bonds is 3. The zero-order chi connectivity index (χ0) is 12.3. The monoisotopic (exact) mass is 231 g/mol. The smallest absolute Gasteiger partial charge is 0.215 e. The quantitative estimate of drug-likeness (QED) is 0.762. The number of hydrogen-bond donors (Lipinski definition) is 0. The lowest BCUT2D eigenvalue weighted by Crippen LogP contribution is -2.06. The Labute approximate surface area is 97.9 Å². The van der Waals surface area contributed by atoms with Gasteiger partial charge in [0.05, 0.1) is 7.11 Å². The number of methoxy groups -OCH3 is 1. The molecule has 3 nitrogen and oxygen atoms in total. The van der Waals surface area contributed by atoms with Crippen LogP contribution in [0.3, 0.4) is 0 Å². The first kappa shape index (κ1) is 11.3. The number of benzene rings is 1. The van der Waals surface area contributed by atoms with Crippen LogP contribution in [0.15, 0.2) is 42.6 Å². The number of hydrogen-bond acceptors (Lipinski definition) is 3. The van der Waals surface area contributed by atoms with E-state index in [9.17, 15) is 9.18 Å². The normalized spacial score (nSPS) is 10.0. The van der Waals surface area contributed by atoms with Crippen molar-refractivity contribution in [2.45, 2.75) is 0 Å². The fraction of sp³-hybridized carbons (Fsp3) is 0.0769. The summed E-state index contributed by atoms with van der Waals surface area (Å²) < 4.78 is 18.1. The van der Waals surface area contributed by atoms with Gasteiger partial charge in [-0.05, 0) is 24.3 Å². The summed E-state index contributed by atoms with van der Waals surface area (Å²) >= 11 is 0. The molecule has 0 atom stereocenters. The number of carbonyl (C=O) groups is 1. The van der Waals surface area contributed by atoms with Crippen LogP contribution in [-0.2, 0) is 0 Å². The van der Waals surface area contributed by atoms with Crippen molar-refractivity contribution < 1.29 is 13.9 Å². The number of halogens is 1. The van der Waals surface area contributed by atoms with E-state index >= 15 is 0 Å². The van der Waals surface area contributed by atoms with Gasteiger partial charge in [-0.25, -0.2) is 9.37 Å². The van der Waals surface area contributed by atoms with E-state index in [2.05, 4.69) is 4.98 Å². The summed E-state index contributed by atoms with van der Waals surface area (Å²) in [5.41, 5.74) is 0.433. The van der Waals surface area contributed by atoms with E-state index in [4.69, 9.17) is 4.74 Å². The zero-order valence-electron chi connectivity index (χ0n) is 9.18. The minimum absolute atomic E-state index is 0.181. The molecule has 0 radical (unpaired) electrons. The van der Waals surface area contributed by atoms with Crippen molar-refractivity contribution in [1.82, 2.24) is 4.98 Å². The van der Waals surface area contributed by atoms with Crippen molar-refractivity contribution in [3.63, 3.8) is 0 Å². The Kier molecular flexibility index (Phi) is 3.14. The Morgan fingerprint density at radius 2 is 2.12 bits per heavy atom. The second kappa shape index (κ2) is 4.74. The SMILES string of the molecule is COc1cccnc1C(=O)c1cccc(F)c1. The molecule has 17 heavy (non-hydrogen) atoms. The average molecular weight is 231 g/mol. The number of pyridine rings is 1. The molecule has 0 fully saturated rings. The van der Waals surface area contributed by atoms with E-state index in [-0.39, 0.29) is 17.0 Å². The van der Waals surface area contributed by atoms with Crippen molar-refractivity contribution in [2.24, 2.45) is 0 Å². The van der Waals surface area contributed by atoms with Crippen LogP contribution in [0.5, 0.6) is 5.75 Å². The molecule has 0 N–H and O–H groups in total. The number of ketones is 1. The zero-order valence-corrected chi connectivity index (χ0v) is 9.18. The van der Waals surface area contributed by atoms with Gasteiger partial charge in [0, 0.05) is 11.8 Å². The third-order valence-corrected chi connectivity index (χ3v) is 2.29. The highest BCUT2D eigenvalue weighted by Gasteiger charge is 2.15. The van der Waals surface area contributed by atoms with Gasteiger partial charge in [0.25, 0.3) is 0 Å². The maximum Gasteiger partial charge on any atom is 0.215 e. The predicted octanol–water partition coefficient (Wildman–Crippen LogP) is 2.46. The van der Waals surface area contributed by atoms with Crippen molar-refractivity contribution in [2.75, 3.05) is 7.11 Å². The molecule has 0 aliphatic carbocycles. The van der Waals surface area contributed by atoms with E-state index < -0.39 is 5.82 Å². The van der Waals surface area contributed by atoms with Crippen molar-refractivity contribution >= 4 is 5.78 Å². The molecular weight excluding hydrogens is 221 g/mol. The highest BCUT2D eigenvalue weighted by atomic mass is 19.1. The van der Waals surface area contributed by atoms with Crippen LogP contribution in [0.1, 0.15) is 16.1 Å². The Morgan fingerprint density at radius 1 is 1.29 bits per heavy atom. The first-order valence-electron chi connectivity index (χ1n) is 5.01. The van der Waals surface area contributed by atoms with Crippen molar-refractivity contribution in [3.05, 3.63) is 59.7 Å². The standard InChI is InChI=1S/C13H10FNO2/c1-17-11-6-3-7-15-12(11)13(16)9-4-2-5-10(14)8-9/h2-8H,1H3. The Hall–Kier alpha value is -2.23. The lowest BCUT2D eigenvalue weighted by atomic mass is 10.1. The summed E-state index contributed by atoms with van der Waals surface area (Å²) in [7, 11) is 1.46. The van der Waals surface area contributed by atoms with Crippen LogP contribution in [-0.4, -0.2) is 17.9 Å². The molecule has 2 aromatic rings. The van der Waals surface area contributed by atoms with Gasteiger partial charge >= 0.3 is 0 Å². The molecule has 2 rings (SSSR count). The molecule has 0 bridgehead atoms. The minimum atomic E-state index is -0.453. The van der Waals surface area contributed by atoms with Gasteiger partial charge in [0.1, 0.15) is 11.6 Å². The largest absolute Gasteiger partial charge is 0.494 e. The lowest BCUT2D eigenvalue weighted by Gasteiger charge is -2.05. The molecule has 1 heterocycles. The van der Waals surface area contributed by atoms with Crippen LogP contribution in [0.2, 0.25) is 0 Å². The molecule has 0 aliphatic rings. The molecule has 1 aromatic carbocycles. The summed E-state index contributed by atoms with van der Waals surface area (Å²) in [5, 5.41) is 0. The molecule has 1 aromatic heterocycles. The highest BCUT2D eigenvalue weighted by Crippen LogP contribution is 2.18. The van der Waals surface area contributed by atoms with Crippen LogP contribution in [0.25, 0.3) is 0 Å². The van der Waals surface area contributed by atoms with Crippen LogP contribution in [0.4, 0.5) is 4.39 Å². The summed E-state index contributed by atoms with van der Waals surface area (Å²) in [4.78, 5) is 16.0. The first-order chi connectivity index (χ1) is 8.22. The fourth-order valence-corrected chi connectivity index (χ4v) is 1.49. The van der Waals surface area contributed by atoms with Crippen molar-refractivity contribution in [1.29, 1.82) is 0 Å². The van der Waals surface area contributed by atoms with Crippen molar-refractivity contribution in [3.8, 4) is 5.75 Å². The maximum absolute atomic E-state index is 13.0. The molecule has 0 spiro atoms. The topological polar surface area (TPSA) is 39.2 Å². The predicted molar refractivity (Wildman–Crippen MR) is 60.6 cm³/mol. The Morgan fingerprint density at radius 3 is 2.82 bits per heavy atom. The Balaban J connectivity index is 2.44. The number of ether oxygens (including phenoxy) is 1. The van der Waals surface area contributed by atoms with Gasteiger partial charge in [0.2, 0.25) is 5.78 Å². The number of nitrogens with zero attached hydrogens (tertiary/aromatic N) is 1. The second-order valence-corrected chi connectivity index (χ2v) is 3.39. The number of carbonyl (C=O) groups excluding carboxylic acids is 1. The molecular formula is C13H10FNO2. The maximum atomic E-state index is 13.0. The van der Waals surface area contributed by atoms with Crippen LogP contribution < -0.4 is 4.74 Å². The van der Waals surface area contributed by atoms with Gasteiger partial charge < -0.3 is 4.74 Å². The van der Waals surface area contributed by atoms with Gasteiger partial charge in [-0.3, -0.25) is 4.79 Å². The summed E-state index contributed by atoms with van der Waals surface area (Å²) in [5.74, 6) is -0.436. The molecule has 86 valence electrons. The van der Waals surface area contributed by atoms with E-state index in [1.165, 1.54) is 31.5 Å². The van der Waals surface area contributed by atoms with Crippen LogP contribution in [0, 0.1) is 5.82 Å². The molecule has 0 saturated carbocycles. The molecule has 4 heteroatoms. The minimum Gasteiger partial charge on any atom is -0.494 e. The molecule has 0 unspecified atom stereocenters. The third kappa shape index (κ3) is 2.30. The average Bonchev–Trinajstić information content (AvgIpc) is 2.38. The van der Waals surface area contributed by atoms with E-state index in [0.717, 1.165) is 0 Å². The first-order valence-corrected chi connectivity index (χ1v) is 5.01. The highest BCUT2D eigenvalue weighted by molar-refractivity contribution is 6.09. The molecule has 0 aliphatic heterocycles. The molecule has 0 amide bonds. The van der Waals surface area contributed by atoms with Gasteiger partial charge in [-0.2, -0.15) is 0 Å². The van der Waals surface area contributed by atoms with E-state index in [0.29, 0.717) is 5.75 Å². The number of aromatic nitrogens is 1. The van der Waals surface area contributed by atoms with Crippen LogP contribution >= 0.6 is 0 Å². The summed E-state index contributed by atoms with van der Waals surface area (Å²) in [6, 6.07) is 8.79. The van der Waals surface area contributed by atoms with E-state index in [1.54, 1.807) is 18.2 Å². The second-order valence-electron chi connectivity index (χ2n) is 3.39. The summed E-state index contributed by atoms with van der Waals surface area (Å²) in [6.45, 7) is 0. The van der Waals surface area contributed by atoms with Gasteiger partial charge in [-0.15, -0.1) is 0 Å². The van der Waals surface area contributed by atoms with Gasteiger partial charge in [-0.1, -0.05) is 12.1 Å².